The smallest absolute Gasteiger partial charge is 0.141 e. The molecule has 3 aromatic rings. The Labute approximate surface area is 184 Å². The molecule has 158 valence electrons. The minimum absolute atomic E-state index is 0.788. The average Bonchev–Trinajstić information content (AvgIpc) is 3.15. The predicted molar refractivity (Wildman–Crippen MR) is 128 cm³/mol. The summed E-state index contributed by atoms with van der Waals surface area (Å²) in [6.45, 7) is 8.76. The van der Waals surface area contributed by atoms with Crippen molar-refractivity contribution in [1.82, 2.24) is 9.97 Å². The van der Waals surface area contributed by atoms with E-state index < -0.39 is 0 Å². The minimum Gasteiger partial charge on any atom is -0.368 e. The molecule has 1 fully saturated rings. The number of fused-ring (bicyclic) bond motifs is 3. The second kappa shape index (κ2) is 8.54. The van der Waals surface area contributed by atoms with Gasteiger partial charge in [0.25, 0.3) is 0 Å². The topological polar surface area (TPSA) is 32.3 Å². The number of hydrogen-bond acceptors (Lipinski definition) is 5. The zero-order valence-corrected chi connectivity index (χ0v) is 19.0. The largest absolute Gasteiger partial charge is 0.368 e. The van der Waals surface area contributed by atoms with Gasteiger partial charge in [0.15, 0.2) is 0 Å². The van der Waals surface area contributed by atoms with E-state index in [-0.39, 0.29) is 0 Å². The molecule has 3 heterocycles. The third-order valence-electron chi connectivity index (χ3n) is 6.64. The van der Waals surface area contributed by atoms with Crippen LogP contribution in [0.15, 0.2) is 30.3 Å². The van der Waals surface area contributed by atoms with Crippen molar-refractivity contribution in [3.05, 3.63) is 46.6 Å². The van der Waals surface area contributed by atoms with E-state index in [0.717, 1.165) is 50.8 Å². The molecule has 0 radical (unpaired) electrons. The summed E-state index contributed by atoms with van der Waals surface area (Å²) in [5.74, 6) is 3.04. The van der Waals surface area contributed by atoms with Crippen LogP contribution in [0.4, 0.5) is 11.5 Å². The third kappa shape index (κ3) is 3.80. The number of nitrogens with zero attached hydrogens (tertiary/aromatic N) is 4. The SMILES string of the molecule is CCCCc1nc(N2CCN(c3ccccc3)CC2)c2c3c(sc2n1)CC(C)CC3. The maximum absolute atomic E-state index is 5.16. The van der Waals surface area contributed by atoms with Crippen LogP contribution in [0, 0.1) is 5.92 Å². The van der Waals surface area contributed by atoms with Gasteiger partial charge in [0.05, 0.1) is 5.39 Å². The van der Waals surface area contributed by atoms with Crippen molar-refractivity contribution >= 4 is 33.1 Å². The lowest BCUT2D eigenvalue weighted by molar-refractivity contribution is 0.509. The van der Waals surface area contributed by atoms with Gasteiger partial charge in [-0.05, 0) is 49.3 Å². The van der Waals surface area contributed by atoms with Crippen LogP contribution < -0.4 is 9.80 Å². The Kier molecular flexibility index (Phi) is 5.64. The van der Waals surface area contributed by atoms with Crippen molar-refractivity contribution in [2.24, 2.45) is 5.92 Å². The summed E-state index contributed by atoms with van der Waals surface area (Å²) in [7, 11) is 0. The Balaban J connectivity index is 1.48. The molecule has 0 N–H and O–H groups in total. The van der Waals surface area contributed by atoms with E-state index in [2.05, 4.69) is 54.0 Å². The van der Waals surface area contributed by atoms with E-state index in [1.807, 2.05) is 11.3 Å². The average molecular weight is 421 g/mol. The van der Waals surface area contributed by atoms with E-state index in [0.29, 0.717) is 0 Å². The first kappa shape index (κ1) is 19.8. The molecule has 0 spiro atoms. The van der Waals surface area contributed by atoms with Crippen molar-refractivity contribution in [3.8, 4) is 0 Å². The number of aryl methyl sites for hydroxylation is 2. The molecule has 2 aromatic heterocycles. The molecule has 1 aromatic carbocycles. The normalized spacial score (nSPS) is 19.3. The maximum Gasteiger partial charge on any atom is 0.141 e. The fraction of sp³-hybridized carbons (Fsp3) is 0.520. The third-order valence-corrected chi connectivity index (χ3v) is 7.78. The first-order valence-corrected chi connectivity index (χ1v) is 12.4. The highest BCUT2D eigenvalue weighted by Gasteiger charge is 2.27. The molecular formula is C25H32N4S. The van der Waals surface area contributed by atoms with Crippen LogP contribution in [0.5, 0.6) is 0 Å². The first-order chi connectivity index (χ1) is 14.7. The predicted octanol–water partition coefficient (Wildman–Crippen LogP) is 5.49. The van der Waals surface area contributed by atoms with Gasteiger partial charge >= 0.3 is 0 Å². The number of hydrogen-bond donors (Lipinski definition) is 0. The molecule has 5 heteroatoms. The molecule has 4 nitrogen and oxygen atoms in total. The molecule has 1 unspecified atom stereocenters. The second-order valence-corrected chi connectivity index (χ2v) is 9.99. The standard InChI is InChI=1S/C25H32N4S/c1-3-4-10-22-26-24(23-20-12-11-18(2)17-21(20)30-25(23)27-22)29-15-13-28(14-16-29)19-8-6-5-7-9-19/h5-9,18H,3-4,10-17H2,1-2H3. The van der Waals surface area contributed by atoms with E-state index in [1.165, 1.54) is 47.4 Å². The van der Waals surface area contributed by atoms with E-state index in [9.17, 15) is 0 Å². The first-order valence-electron chi connectivity index (χ1n) is 11.6. The number of para-hydroxylation sites is 1. The Bertz CT molecular complexity index is 1000. The van der Waals surface area contributed by atoms with Crippen molar-refractivity contribution in [2.45, 2.75) is 52.4 Å². The minimum atomic E-state index is 0.788. The van der Waals surface area contributed by atoms with E-state index >= 15 is 0 Å². The van der Waals surface area contributed by atoms with Gasteiger partial charge in [-0.1, -0.05) is 38.5 Å². The van der Waals surface area contributed by atoms with Gasteiger partial charge in [-0.15, -0.1) is 11.3 Å². The van der Waals surface area contributed by atoms with Gasteiger partial charge in [0, 0.05) is 43.2 Å². The molecule has 0 saturated carbocycles. The quantitative estimate of drug-likeness (QED) is 0.547. The van der Waals surface area contributed by atoms with E-state index in [1.54, 1.807) is 10.4 Å². The molecule has 2 aliphatic rings. The van der Waals surface area contributed by atoms with E-state index in [4.69, 9.17) is 9.97 Å². The molecule has 1 aliphatic carbocycles. The van der Waals surface area contributed by atoms with Crippen LogP contribution in [0.25, 0.3) is 10.2 Å². The summed E-state index contributed by atoms with van der Waals surface area (Å²) < 4.78 is 0. The van der Waals surface area contributed by atoms with Crippen molar-refractivity contribution in [3.63, 3.8) is 0 Å². The summed E-state index contributed by atoms with van der Waals surface area (Å²) in [5.41, 5.74) is 2.88. The zero-order valence-electron chi connectivity index (χ0n) is 18.2. The number of aromatic nitrogens is 2. The summed E-state index contributed by atoms with van der Waals surface area (Å²) in [6, 6.07) is 10.8. The van der Waals surface area contributed by atoms with Crippen LogP contribution in [-0.2, 0) is 19.3 Å². The van der Waals surface area contributed by atoms with Crippen molar-refractivity contribution in [2.75, 3.05) is 36.0 Å². The van der Waals surface area contributed by atoms with Gasteiger partial charge in [-0.25, -0.2) is 9.97 Å². The molecule has 1 atom stereocenters. The van der Waals surface area contributed by atoms with Gasteiger partial charge in [-0.3, -0.25) is 0 Å². The second-order valence-electron chi connectivity index (χ2n) is 8.91. The Morgan fingerprint density at radius 3 is 2.57 bits per heavy atom. The van der Waals surface area contributed by atoms with Crippen LogP contribution in [0.3, 0.4) is 0 Å². The van der Waals surface area contributed by atoms with Gasteiger partial charge in [0.1, 0.15) is 16.5 Å². The van der Waals surface area contributed by atoms with Gasteiger partial charge in [0.2, 0.25) is 0 Å². The Morgan fingerprint density at radius 2 is 1.80 bits per heavy atom. The molecule has 1 aliphatic heterocycles. The molecule has 5 rings (SSSR count). The molecule has 30 heavy (non-hydrogen) atoms. The zero-order chi connectivity index (χ0) is 20.5. The lowest BCUT2D eigenvalue weighted by Crippen LogP contribution is -2.47. The highest BCUT2D eigenvalue weighted by atomic mass is 32.1. The lowest BCUT2D eigenvalue weighted by atomic mass is 9.89. The number of piperazine rings is 1. The summed E-state index contributed by atoms with van der Waals surface area (Å²) in [6.07, 6.45) is 7.02. The summed E-state index contributed by atoms with van der Waals surface area (Å²) >= 11 is 1.94. The summed E-state index contributed by atoms with van der Waals surface area (Å²) in [5, 5.41) is 1.37. The van der Waals surface area contributed by atoms with Crippen molar-refractivity contribution in [1.29, 1.82) is 0 Å². The highest BCUT2D eigenvalue weighted by Crippen LogP contribution is 2.41. The number of benzene rings is 1. The lowest BCUT2D eigenvalue weighted by Gasteiger charge is -2.37. The number of anilines is 2. The summed E-state index contributed by atoms with van der Waals surface area (Å²) in [4.78, 5) is 18.0. The van der Waals surface area contributed by atoms with Crippen LogP contribution in [-0.4, -0.2) is 36.1 Å². The Hall–Kier alpha value is -2.14. The monoisotopic (exact) mass is 420 g/mol. The Morgan fingerprint density at radius 1 is 1.03 bits per heavy atom. The fourth-order valence-corrected chi connectivity index (χ4v) is 6.25. The van der Waals surface area contributed by atoms with Crippen LogP contribution >= 0.6 is 11.3 Å². The molecule has 0 amide bonds. The van der Waals surface area contributed by atoms with Crippen molar-refractivity contribution < 1.29 is 0 Å². The molecular weight excluding hydrogens is 388 g/mol. The number of thiophene rings is 1. The van der Waals surface area contributed by atoms with Gasteiger partial charge in [-0.2, -0.15) is 0 Å². The number of unbranched alkanes of at least 4 members (excludes halogenated alkanes) is 1. The van der Waals surface area contributed by atoms with Crippen LogP contribution in [0.1, 0.15) is 49.4 Å². The van der Waals surface area contributed by atoms with Gasteiger partial charge < -0.3 is 9.80 Å². The number of rotatable bonds is 5. The molecule has 0 bridgehead atoms. The fourth-order valence-electron chi connectivity index (χ4n) is 4.86. The van der Waals surface area contributed by atoms with Crippen LogP contribution in [0.2, 0.25) is 0 Å². The maximum atomic E-state index is 5.16. The molecule has 1 saturated heterocycles. The highest BCUT2D eigenvalue weighted by molar-refractivity contribution is 7.19.